The van der Waals surface area contributed by atoms with E-state index in [1.54, 1.807) is 6.07 Å². The van der Waals surface area contributed by atoms with Crippen LogP contribution in [0.3, 0.4) is 0 Å². The molecule has 0 unspecified atom stereocenters. The summed E-state index contributed by atoms with van der Waals surface area (Å²) in [6, 6.07) is 5.88. The van der Waals surface area contributed by atoms with Gasteiger partial charge in [0, 0.05) is 6.04 Å². The molecule has 0 amide bonds. The van der Waals surface area contributed by atoms with Gasteiger partial charge >= 0.3 is 0 Å². The summed E-state index contributed by atoms with van der Waals surface area (Å²) in [5.74, 6) is 0.706. The maximum atomic E-state index is 9.58. The number of nitrogens with zero attached hydrogens (tertiary/aromatic N) is 2. The number of nitrogens with two attached hydrogens (primary N) is 1. The standard InChI is InChI=1S/C10H11N3O/c11-10-12-9-7(2-1-3-8(9)14)13(10)6-4-5-6/h1-3,6,14H,4-5H2,(H2,11,12). The van der Waals surface area contributed by atoms with E-state index in [2.05, 4.69) is 4.98 Å². The Morgan fingerprint density at radius 1 is 1.43 bits per heavy atom. The van der Waals surface area contributed by atoms with Gasteiger partial charge in [0.05, 0.1) is 5.52 Å². The van der Waals surface area contributed by atoms with E-state index in [0.717, 1.165) is 18.4 Å². The van der Waals surface area contributed by atoms with Gasteiger partial charge in [-0.05, 0) is 25.0 Å². The summed E-state index contributed by atoms with van der Waals surface area (Å²) in [6.45, 7) is 0. The van der Waals surface area contributed by atoms with Crippen molar-refractivity contribution in [1.29, 1.82) is 0 Å². The lowest BCUT2D eigenvalue weighted by molar-refractivity contribution is 0.480. The Hall–Kier alpha value is -1.71. The Balaban J connectivity index is 2.37. The predicted octanol–water partition coefficient (Wildman–Crippen LogP) is 1.66. The molecule has 1 aliphatic rings. The van der Waals surface area contributed by atoms with E-state index >= 15 is 0 Å². The smallest absolute Gasteiger partial charge is 0.201 e. The van der Waals surface area contributed by atoms with Gasteiger partial charge in [-0.3, -0.25) is 0 Å². The lowest BCUT2D eigenvalue weighted by atomic mass is 10.3. The molecule has 4 nitrogen and oxygen atoms in total. The molecular formula is C10H11N3O. The third kappa shape index (κ3) is 0.907. The van der Waals surface area contributed by atoms with Crippen molar-refractivity contribution in [1.82, 2.24) is 9.55 Å². The molecule has 0 atom stereocenters. The quantitative estimate of drug-likeness (QED) is 0.717. The number of aromatic hydroxyl groups is 1. The van der Waals surface area contributed by atoms with Crippen LogP contribution < -0.4 is 5.73 Å². The van der Waals surface area contributed by atoms with E-state index in [-0.39, 0.29) is 5.75 Å². The van der Waals surface area contributed by atoms with E-state index in [0.29, 0.717) is 17.5 Å². The van der Waals surface area contributed by atoms with Crippen molar-refractivity contribution < 1.29 is 5.11 Å². The lowest BCUT2D eigenvalue weighted by Gasteiger charge is -2.02. The maximum absolute atomic E-state index is 9.58. The van der Waals surface area contributed by atoms with E-state index in [1.165, 1.54) is 0 Å². The number of anilines is 1. The van der Waals surface area contributed by atoms with Gasteiger partial charge in [-0.2, -0.15) is 0 Å². The monoisotopic (exact) mass is 189 g/mol. The Morgan fingerprint density at radius 3 is 2.93 bits per heavy atom. The number of phenols is 1. The van der Waals surface area contributed by atoms with E-state index in [9.17, 15) is 5.11 Å². The second-order valence-electron chi connectivity index (χ2n) is 3.72. The highest BCUT2D eigenvalue weighted by Crippen LogP contribution is 2.40. The molecule has 1 aliphatic carbocycles. The van der Waals surface area contributed by atoms with Crippen LogP contribution in [0.15, 0.2) is 18.2 Å². The number of hydrogen-bond acceptors (Lipinski definition) is 3. The minimum atomic E-state index is 0.202. The van der Waals surface area contributed by atoms with Crippen molar-refractivity contribution in [2.45, 2.75) is 18.9 Å². The summed E-state index contributed by atoms with van der Waals surface area (Å²) in [5, 5.41) is 9.58. The van der Waals surface area contributed by atoms with Crippen LogP contribution in [0.2, 0.25) is 0 Å². The number of phenolic OH excluding ortho intramolecular Hbond substituents is 1. The van der Waals surface area contributed by atoms with Crippen LogP contribution in [-0.2, 0) is 0 Å². The molecule has 2 aromatic rings. The second kappa shape index (κ2) is 2.41. The van der Waals surface area contributed by atoms with Gasteiger partial charge in [0.25, 0.3) is 0 Å². The first kappa shape index (κ1) is 7.67. The highest BCUT2D eigenvalue weighted by molar-refractivity contribution is 5.84. The summed E-state index contributed by atoms with van der Waals surface area (Å²) in [5.41, 5.74) is 7.35. The Kier molecular flexibility index (Phi) is 1.32. The third-order valence-corrected chi connectivity index (χ3v) is 2.64. The fourth-order valence-corrected chi connectivity index (χ4v) is 1.84. The zero-order chi connectivity index (χ0) is 9.71. The van der Waals surface area contributed by atoms with Gasteiger partial charge in [0.2, 0.25) is 5.95 Å². The normalized spacial score (nSPS) is 16.3. The van der Waals surface area contributed by atoms with Crippen molar-refractivity contribution in [3.8, 4) is 5.75 Å². The largest absolute Gasteiger partial charge is 0.506 e. The summed E-state index contributed by atoms with van der Waals surface area (Å²) in [6.07, 6.45) is 2.32. The summed E-state index contributed by atoms with van der Waals surface area (Å²) < 4.78 is 2.01. The van der Waals surface area contributed by atoms with Crippen molar-refractivity contribution in [3.63, 3.8) is 0 Å². The molecule has 1 fully saturated rings. The Bertz CT molecular complexity index is 499. The van der Waals surface area contributed by atoms with Crippen LogP contribution in [-0.4, -0.2) is 14.7 Å². The molecule has 72 valence electrons. The number of imidazole rings is 1. The van der Waals surface area contributed by atoms with Crippen LogP contribution >= 0.6 is 0 Å². The van der Waals surface area contributed by atoms with E-state index in [4.69, 9.17) is 5.73 Å². The zero-order valence-corrected chi connectivity index (χ0v) is 7.64. The molecule has 0 aliphatic heterocycles. The SMILES string of the molecule is Nc1nc2c(O)cccc2n1C1CC1. The average Bonchev–Trinajstić information content (AvgIpc) is 2.91. The zero-order valence-electron chi connectivity index (χ0n) is 7.64. The fraction of sp³-hybridized carbons (Fsp3) is 0.300. The molecule has 1 aromatic heterocycles. The van der Waals surface area contributed by atoms with Gasteiger partial charge in [-0.15, -0.1) is 0 Å². The molecule has 0 bridgehead atoms. The van der Waals surface area contributed by atoms with E-state index in [1.807, 2.05) is 16.7 Å². The van der Waals surface area contributed by atoms with Gasteiger partial charge < -0.3 is 15.4 Å². The van der Waals surface area contributed by atoms with Crippen LogP contribution in [0.1, 0.15) is 18.9 Å². The minimum absolute atomic E-state index is 0.202. The molecule has 1 heterocycles. The van der Waals surface area contributed by atoms with Crippen LogP contribution in [0.5, 0.6) is 5.75 Å². The molecule has 1 aromatic carbocycles. The highest BCUT2D eigenvalue weighted by atomic mass is 16.3. The van der Waals surface area contributed by atoms with Crippen molar-refractivity contribution in [2.75, 3.05) is 5.73 Å². The number of nitrogen functional groups attached to an aromatic ring is 1. The first-order valence-electron chi connectivity index (χ1n) is 4.73. The molecular weight excluding hydrogens is 178 g/mol. The van der Waals surface area contributed by atoms with Crippen molar-refractivity contribution in [3.05, 3.63) is 18.2 Å². The number of para-hydroxylation sites is 1. The first-order chi connectivity index (χ1) is 6.77. The molecule has 3 N–H and O–H groups in total. The lowest BCUT2D eigenvalue weighted by Crippen LogP contribution is -2.00. The summed E-state index contributed by atoms with van der Waals surface area (Å²) in [4.78, 5) is 4.16. The highest BCUT2D eigenvalue weighted by Gasteiger charge is 2.27. The van der Waals surface area contributed by atoms with Crippen LogP contribution in [0.25, 0.3) is 11.0 Å². The van der Waals surface area contributed by atoms with Crippen molar-refractivity contribution >= 4 is 17.0 Å². The third-order valence-electron chi connectivity index (χ3n) is 2.64. The number of aromatic nitrogens is 2. The number of benzene rings is 1. The van der Waals surface area contributed by atoms with Gasteiger partial charge in [0.15, 0.2) is 0 Å². The fourth-order valence-electron chi connectivity index (χ4n) is 1.84. The maximum Gasteiger partial charge on any atom is 0.201 e. The number of rotatable bonds is 1. The number of hydrogen-bond donors (Lipinski definition) is 2. The van der Waals surface area contributed by atoms with Crippen LogP contribution in [0.4, 0.5) is 5.95 Å². The van der Waals surface area contributed by atoms with Crippen LogP contribution in [0, 0.1) is 0 Å². The molecule has 0 spiro atoms. The minimum Gasteiger partial charge on any atom is -0.506 e. The summed E-state index contributed by atoms with van der Waals surface area (Å²) in [7, 11) is 0. The molecule has 4 heteroatoms. The average molecular weight is 189 g/mol. The number of fused-ring (bicyclic) bond motifs is 1. The molecule has 1 saturated carbocycles. The van der Waals surface area contributed by atoms with Gasteiger partial charge in [-0.1, -0.05) is 6.07 Å². The molecule has 0 radical (unpaired) electrons. The van der Waals surface area contributed by atoms with Gasteiger partial charge in [-0.25, -0.2) is 4.98 Å². The van der Waals surface area contributed by atoms with Crippen molar-refractivity contribution in [2.24, 2.45) is 0 Å². The topological polar surface area (TPSA) is 64.1 Å². The molecule has 0 saturated heterocycles. The first-order valence-corrected chi connectivity index (χ1v) is 4.73. The Labute approximate surface area is 81.0 Å². The Morgan fingerprint density at radius 2 is 2.21 bits per heavy atom. The van der Waals surface area contributed by atoms with E-state index < -0.39 is 0 Å². The molecule has 14 heavy (non-hydrogen) atoms. The summed E-state index contributed by atoms with van der Waals surface area (Å²) >= 11 is 0. The molecule has 3 rings (SSSR count). The predicted molar refractivity (Wildman–Crippen MR) is 54.1 cm³/mol. The second-order valence-corrected chi connectivity index (χ2v) is 3.72. The van der Waals surface area contributed by atoms with Gasteiger partial charge in [0.1, 0.15) is 11.3 Å².